The number of hydrogen-bond acceptors (Lipinski definition) is 5. The molecule has 1 aliphatic carbocycles. The third-order valence-electron chi connectivity index (χ3n) is 6.08. The first kappa shape index (κ1) is 22.7. The zero-order valence-corrected chi connectivity index (χ0v) is 18.8. The van der Waals surface area contributed by atoms with Crippen molar-refractivity contribution in [3.05, 3.63) is 89.1 Å². The van der Waals surface area contributed by atoms with Crippen molar-refractivity contribution in [1.29, 1.82) is 0 Å². The van der Waals surface area contributed by atoms with Gasteiger partial charge >= 0.3 is 6.18 Å². The van der Waals surface area contributed by atoms with Crippen LogP contribution < -0.4 is 5.32 Å². The normalized spacial score (nSPS) is 13.9. The summed E-state index contributed by atoms with van der Waals surface area (Å²) in [6.07, 6.45) is 3.48. The molecule has 7 nitrogen and oxygen atoms in total. The van der Waals surface area contributed by atoms with Crippen LogP contribution in [0.2, 0.25) is 0 Å². The number of nitrogens with zero attached hydrogens (tertiary/aromatic N) is 5. The Morgan fingerprint density at radius 2 is 1.86 bits per heavy atom. The zero-order valence-electron chi connectivity index (χ0n) is 18.8. The Hall–Kier alpha value is -4.08. The number of carbonyl (C=O) groups excluding carboxylic acids is 1. The summed E-state index contributed by atoms with van der Waals surface area (Å²) >= 11 is 0. The molecule has 0 fully saturated rings. The standard InChI is InChI=1S/C25H21F3N6O/c1-15-20(23(35)33-22(25(26,27)28)18-9-5-11-29-12-18)14-31-34(15)24-30-13-17-8-4-7-16-6-2-3-10-19(16)21(17)32-24/h2-3,5-6,9-14,22H,4,7-8H2,1H3,(H,33,35)/t22-/m1/s1. The van der Waals surface area contributed by atoms with Crippen LogP contribution >= 0.6 is 0 Å². The van der Waals surface area contributed by atoms with Gasteiger partial charge < -0.3 is 5.32 Å². The van der Waals surface area contributed by atoms with Crippen LogP contribution in [0.15, 0.2) is 61.2 Å². The van der Waals surface area contributed by atoms with Gasteiger partial charge in [-0.3, -0.25) is 9.78 Å². The number of halogens is 3. The largest absolute Gasteiger partial charge is 0.412 e. The first-order chi connectivity index (χ1) is 16.8. The highest BCUT2D eigenvalue weighted by Crippen LogP contribution is 2.33. The lowest BCUT2D eigenvalue weighted by molar-refractivity contribution is -0.155. The van der Waals surface area contributed by atoms with Gasteiger partial charge in [-0.05, 0) is 43.4 Å². The molecule has 0 spiro atoms. The van der Waals surface area contributed by atoms with Gasteiger partial charge in [0.1, 0.15) is 0 Å². The molecule has 1 amide bonds. The Labute approximate surface area is 199 Å². The number of fused-ring (bicyclic) bond motifs is 3. The maximum absolute atomic E-state index is 13.7. The van der Waals surface area contributed by atoms with E-state index < -0.39 is 18.1 Å². The molecule has 1 atom stereocenters. The highest BCUT2D eigenvalue weighted by atomic mass is 19.4. The predicted molar refractivity (Wildman–Crippen MR) is 122 cm³/mol. The molecule has 0 aliphatic heterocycles. The first-order valence-electron chi connectivity index (χ1n) is 11.1. The fourth-order valence-corrected chi connectivity index (χ4v) is 4.30. The molecule has 0 saturated heterocycles. The number of aryl methyl sites for hydroxylation is 2. The fraction of sp³-hybridized carbons (Fsp3) is 0.240. The molecule has 4 aromatic rings. The van der Waals surface area contributed by atoms with Crippen LogP contribution in [0, 0.1) is 6.92 Å². The molecule has 0 radical (unpaired) electrons. The SMILES string of the molecule is Cc1c(C(=O)N[C@H](c2cccnc2)C(F)(F)F)cnn1-c1ncc2c(n1)-c1ccccc1CCC2. The Morgan fingerprint density at radius 3 is 2.63 bits per heavy atom. The quantitative estimate of drug-likeness (QED) is 0.465. The molecule has 178 valence electrons. The maximum Gasteiger partial charge on any atom is 0.412 e. The predicted octanol–water partition coefficient (Wildman–Crippen LogP) is 4.55. The van der Waals surface area contributed by atoms with E-state index in [1.165, 1.54) is 34.8 Å². The number of hydrogen-bond donors (Lipinski definition) is 1. The van der Waals surface area contributed by atoms with E-state index in [1.54, 1.807) is 13.1 Å². The number of pyridine rings is 1. The number of benzene rings is 1. The van der Waals surface area contributed by atoms with Gasteiger partial charge in [-0.25, -0.2) is 14.6 Å². The number of rotatable bonds is 4. The van der Waals surface area contributed by atoms with Gasteiger partial charge in [0.25, 0.3) is 11.9 Å². The number of alkyl halides is 3. The third-order valence-corrected chi connectivity index (χ3v) is 6.08. The average molecular weight is 478 g/mol. The maximum atomic E-state index is 13.7. The Kier molecular flexibility index (Phi) is 5.80. The van der Waals surface area contributed by atoms with E-state index in [1.807, 2.05) is 18.2 Å². The van der Waals surface area contributed by atoms with Gasteiger partial charge in [-0.1, -0.05) is 30.3 Å². The fourth-order valence-electron chi connectivity index (χ4n) is 4.30. The highest BCUT2D eigenvalue weighted by Gasteiger charge is 2.42. The van der Waals surface area contributed by atoms with Crippen molar-refractivity contribution in [2.45, 2.75) is 38.4 Å². The van der Waals surface area contributed by atoms with Crippen molar-refractivity contribution in [3.63, 3.8) is 0 Å². The molecule has 0 bridgehead atoms. The van der Waals surface area contributed by atoms with Crippen LogP contribution in [-0.2, 0) is 12.8 Å². The monoisotopic (exact) mass is 478 g/mol. The highest BCUT2D eigenvalue weighted by molar-refractivity contribution is 5.95. The van der Waals surface area contributed by atoms with E-state index in [-0.39, 0.29) is 17.1 Å². The summed E-state index contributed by atoms with van der Waals surface area (Å²) in [7, 11) is 0. The lowest BCUT2D eigenvalue weighted by atomic mass is 10.0. The Balaban J connectivity index is 1.47. The van der Waals surface area contributed by atoms with Crippen LogP contribution in [0.1, 0.15) is 45.2 Å². The Morgan fingerprint density at radius 1 is 1.06 bits per heavy atom. The summed E-state index contributed by atoms with van der Waals surface area (Å²) in [6, 6.07) is 8.49. The molecule has 0 unspecified atom stereocenters. The zero-order chi connectivity index (χ0) is 24.6. The number of aromatic nitrogens is 5. The van der Waals surface area contributed by atoms with Gasteiger partial charge in [-0.2, -0.15) is 18.3 Å². The van der Waals surface area contributed by atoms with Crippen LogP contribution in [0.25, 0.3) is 17.2 Å². The molecule has 0 saturated carbocycles. The van der Waals surface area contributed by atoms with Gasteiger partial charge in [0, 0.05) is 29.7 Å². The van der Waals surface area contributed by atoms with Gasteiger partial charge in [0.2, 0.25) is 0 Å². The molecule has 1 N–H and O–H groups in total. The molecular weight excluding hydrogens is 457 g/mol. The number of nitrogens with one attached hydrogen (secondary N) is 1. The van der Waals surface area contributed by atoms with E-state index in [4.69, 9.17) is 4.98 Å². The Bertz CT molecular complexity index is 1380. The third kappa shape index (κ3) is 4.39. The van der Waals surface area contributed by atoms with Crippen LogP contribution in [0.3, 0.4) is 0 Å². The molecular formula is C25H21F3N6O. The second kappa shape index (κ2) is 8.94. The lowest BCUT2D eigenvalue weighted by Gasteiger charge is -2.21. The molecule has 1 aliphatic rings. The van der Waals surface area contributed by atoms with Crippen molar-refractivity contribution >= 4 is 5.91 Å². The molecule has 35 heavy (non-hydrogen) atoms. The topological polar surface area (TPSA) is 85.6 Å². The van der Waals surface area contributed by atoms with Gasteiger partial charge in [-0.15, -0.1) is 0 Å². The van der Waals surface area contributed by atoms with Crippen molar-refractivity contribution in [2.75, 3.05) is 0 Å². The minimum absolute atomic E-state index is 0.00193. The average Bonchev–Trinajstić information content (AvgIpc) is 3.13. The summed E-state index contributed by atoms with van der Waals surface area (Å²) in [5, 5.41) is 6.28. The second-order valence-corrected chi connectivity index (χ2v) is 8.34. The number of carbonyl (C=O) groups is 1. The molecule has 1 aromatic carbocycles. The minimum atomic E-state index is -4.70. The molecule has 5 rings (SSSR count). The summed E-state index contributed by atoms with van der Waals surface area (Å²) in [5.41, 5.74) is 4.21. The number of amides is 1. The van der Waals surface area contributed by atoms with Crippen molar-refractivity contribution < 1.29 is 18.0 Å². The van der Waals surface area contributed by atoms with E-state index >= 15 is 0 Å². The first-order valence-corrected chi connectivity index (χ1v) is 11.1. The van der Waals surface area contributed by atoms with Gasteiger partial charge in [0.05, 0.1) is 23.1 Å². The van der Waals surface area contributed by atoms with E-state index in [9.17, 15) is 18.0 Å². The van der Waals surface area contributed by atoms with Crippen LogP contribution in [0.5, 0.6) is 0 Å². The molecule has 3 heterocycles. The summed E-state index contributed by atoms with van der Waals surface area (Å²) in [4.78, 5) is 25.8. The minimum Gasteiger partial charge on any atom is -0.337 e. The summed E-state index contributed by atoms with van der Waals surface area (Å²) in [6.45, 7) is 1.59. The van der Waals surface area contributed by atoms with E-state index in [0.29, 0.717) is 5.69 Å². The van der Waals surface area contributed by atoms with Crippen molar-refractivity contribution in [3.8, 4) is 17.2 Å². The van der Waals surface area contributed by atoms with Crippen LogP contribution in [-0.4, -0.2) is 36.8 Å². The smallest absolute Gasteiger partial charge is 0.337 e. The van der Waals surface area contributed by atoms with Crippen molar-refractivity contribution in [1.82, 2.24) is 30.0 Å². The van der Waals surface area contributed by atoms with Crippen molar-refractivity contribution in [2.24, 2.45) is 0 Å². The van der Waals surface area contributed by atoms with Gasteiger partial charge in [0.15, 0.2) is 6.04 Å². The molecule has 3 aromatic heterocycles. The second-order valence-electron chi connectivity index (χ2n) is 8.34. The summed E-state index contributed by atoms with van der Waals surface area (Å²) in [5.74, 6) is -0.656. The summed E-state index contributed by atoms with van der Waals surface area (Å²) < 4.78 is 42.4. The molecule has 10 heteroatoms. The van der Waals surface area contributed by atoms with Crippen LogP contribution in [0.4, 0.5) is 13.2 Å². The lowest BCUT2D eigenvalue weighted by Crippen LogP contribution is -2.38. The van der Waals surface area contributed by atoms with E-state index in [2.05, 4.69) is 26.4 Å². The van der Waals surface area contributed by atoms with E-state index in [0.717, 1.165) is 42.3 Å².